The third-order valence-corrected chi connectivity index (χ3v) is 5.26. The van der Waals surface area contributed by atoms with Gasteiger partial charge in [-0.15, -0.1) is 33.4 Å². The number of aromatic nitrogens is 2. The van der Waals surface area contributed by atoms with Crippen molar-refractivity contribution < 1.29 is 4.79 Å². The molecule has 2 N–H and O–H groups in total. The molecule has 5 nitrogen and oxygen atoms in total. The Morgan fingerprint density at radius 2 is 2.16 bits per heavy atom. The monoisotopic (exact) mass is 338 g/mol. The van der Waals surface area contributed by atoms with E-state index in [0.717, 1.165) is 11.4 Å². The van der Waals surface area contributed by atoms with Crippen molar-refractivity contribution in [2.75, 3.05) is 5.32 Å². The van der Waals surface area contributed by atoms with Gasteiger partial charge in [0.2, 0.25) is 11.0 Å². The average molecular weight is 339 g/mol. The molecule has 1 aromatic heterocycles. The van der Waals surface area contributed by atoms with Gasteiger partial charge in [0.15, 0.2) is 5.11 Å². The van der Waals surface area contributed by atoms with Gasteiger partial charge in [0.1, 0.15) is 9.34 Å². The molecule has 1 aliphatic rings. The number of alkyl halides is 2. The maximum Gasteiger partial charge on any atom is 0.235 e. The number of rotatable bonds is 3. The maximum absolute atomic E-state index is 12.0. The molecule has 0 saturated heterocycles. The van der Waals surface area contributed by atoms with Crippen LogP contribution in [0.2, 0.25) is 0 Å². The number of thiocarbonyl (C=S) groups is 1. The van der Waals surface area contributed by atoms with Crippen molar-refractivity contribution in [2.45, 2.75) is 31.0 Å². The highest BCUT2D eigenvalue weighted by Gasteiger charge is 2.68. The summed E-state index contributed by atoms with van der Waals surface area (Å²) in [4.78, 5) is 12.0. The number of nitrogens with one attached hydrogen (secondary N) is 2. The number of hydrogen-bond donors (Lipinski definition) is 2. The van der Waals surface area contributed by atoms with Gasteiger partial charge in [-0.05, 0) is 32.0 Å². The zero-order chi connectivity index (χ0) is 14.3. The van der Waals surface area contributed by atoms with E-state index in [1.165, 1.54) is 11.3 Å². The third-order valence-electron chi connectivity index (χ3n) is 2.98. The number of aryl methyl sites for hydroxylation is 1. The number of carbonyl (C=O) groups is 1. The van der Waals surface area contributed by atoms with Crippen molar-refractivity contribution in [1.29, 1.82) is 0 Å². The van der Waals surface area contributed by atoms with Crippen molar-refractivity contribution in [3.63, 3.8) is 0 Å². The van der Waals surface area contributed by atoms with Crippen LogP contribution in [0, 0.1) is 5.41 Å². The lowest BCUT2D eigenvalue weighted by atomic mass is 10.1. The molecule has 0 radical (unpaired) electrons. The minimum atomic E-state index is -1.01. The lowest BCUT2D eigenvalue weighted by molar-refractivity contribution is -0.124. The summed E-state index contributed by atoms with van der Waals surface area (Å²) in [6, 6.07) is 0. The van der Waals surface area contributed by atoms with E-state index in [0.29, 0.717) is 11.6 Å². The average Bonchev–Trinajstić information content (AvgIpc) is 2.69. The number of nitrogens with zero attached hydrogens (tertiary/aromatic N) is 2. The van der Waals surface area contributed by atoms with Crippen molar-refractivity contribution in [2.24, 2.45) is 5.41 Å². The summed E-state index contributed by atoms with van der Waals surface area (Å²) in [6.45, 7) is 3.68. The van der Waals surface area contributed by atoms with E-state index in [-0.39, 0.29) is 11.0 Å². The van der Waals surface area contributed by atoms with Crippen LogP contribution >= 0.6 is 46.8 Å². The fourth-order valence-electron chi connectivity index (χ4n) is 1.46. The van der Waals surface area contributed by atoms with E-state index in [2.05, 4.69) is 20.8 Å². The van der Waals surface area contributed by atoms with Crippen LogP contribution in [0.4, 0.5) is 5.13 Å². The lowest BCUT2D eigenvalue weighted by Crippen LogP contribution is -2.40. The van der Waals surface area contributed by atoms with Gasteiger partial charge in [-0.2, -0.15) is 0 Å². The van der Waals surface area contributed by atoms with Crippen LogP contribution in [-0.4, -0.2) is 25.6 Å². The highest BCUT2D eigenvalue weighted by molar-refractivity contribution is 7.80. The Morgan fingerprint density at radius 3 is 2.63 bits per heavy atom. The van der Waals surface area contributed by atoms with Crippen LogP contribution in [0.15, 0.2) is 0 Å². The lowest BCUT2D eigenvalue weighted by Gasteiger charge is -2.13. The molecule has 19 heavy (non-hydrogen) atoms. The smallest absolute Gasteiger partial charge is 0.235 e. The van der Waals surface area contributed by atoms with E-state index in [1.807, 2.05) is 6.92 Å². The van der Waals surface area contributed by atoms with E-state index in [1.54, 1.807) is 6.92 Å². The summed E-state index contributed by atoms with van der Waals surface area (Å²) in [5, 5.41) is 14.8. The SMILES string of the molecule is CCc1nnc(NC(=S)NC(=O)[C@]2(C)CC2(Cl)Cl)s1. The number of hydrogen-bond acceptors (Lipinski definition) is 5. The standard InChI is InChI=1S/C10H12Cl2N4OS2/c1-3-5-15-16-8(19-5)14-7(18)13-6(17)9(2)4-10(9,11)12/h3-4H2,1-2H3,(H2,13,14,16,17,18)/t9-/m0/s1. The van der Waals surface area contributed by atoms with Gasteiger partial charge >= 0.3 is 0 Å². The van der Waals surface area contributed by atoms with Gasteiger partial charge in [-0.1, -0.05) is 18.3 Å². The van der Waals surface area contributed by atoms with Gasteiger partial charge in [-0.25, -0.2) is 0 Å². The molecule has 0 aliphatic heterocycles. The summed E-state index contributed by atoms with van der Waals surface area (Å²) in [6.07, 6.45) is 1.22. The van der Waals surface area contributed by atoms with E-state index < -0.39 is 9.75 Å². The second kappa shape index (κ2) is 5.12. The first-order valence-electron chi connectivity index (χ1n) is 5.61. The Kier molecular flexibility index (Phi) is 4.02. The van der Waals surface area contributed by atoms with Crippen molar-refractivity contribution >= 4 is 62.9 Å². The normalized spacial score (nSPS) is 23.8. The van der Waals surface area contributed by atoms with Crippen molar-refractivity contribution in [1.82, 2.24) is 15.5 Å². The Bertz CT molecular complexity index is 533. The summed E-state index contributed by atoms with van der Waals surface area (Å²) in [5.41, 5.74) is -0.794. The number of halogens is 2. The van der Waals surface area contributed by atoms with Crippen LogP contribution in [0.1, 0.15) is 25.3 Å². The van der Waals surface area contributed by atoms with E-state index >= 15 is 0 Å². The van der Waals surface area contributed by atoms with Gasteiger partial charge in [0.05, 0.1) is 5.41 Å². The fraction of sp³-hybridized carbons (Fsp3) is 0.600. The molecule has 1 amide bonds. The van der Waals surface area contributed by atoms with Gasteiger partial charge in [0, 0.05) is 0 Å². The fourth-order valence-corrected chi connectivity index (χ4v) is 3.11. The molecule has 1 heterocycles. The summed E-state index contributed by atoms with van der Waals surface area (Å²) < 4.78 is -1.01. The molecule has 1 aromatic rings. The Morgan fingerprint density at radius 1 is 1.53 bits per heavy atom. The molecule has 1 atom stereocenters. The number of amides is 1. The molecule has 0 unspecified atom stereocenters. The molecule has 1 aliphatic carbocycles. The first-order valence-corrected chi connectivity index (χ1v) is 7.59. The second-order valence-electron chi connectivity index (χ2n) is 4.48. The molecule has 9 heteroatoms. The van der Waals surface area contributed by atoms with Crippen LogP contribution in [0.3, 0.4) is 0 Å². The predicted octanol–water partition coefficient (Wildman–Crippen LogP) is 2.50. The highest BCUT2D eigenvalue weighted by atomic mass is 35.5. The maximum atomic E-state index is 12.0. The van der Waals surface area contributed by atoms with Crippen LogP contribution in [0.5, 0.6) is 0 Å². The first-order chi connectivity index (χ1) is 8.78. The summed E-state index contributed by atoms with van der Waals surface area (Å²) >= 11 is 18.3. The summed E-state index contributed by atoms with van der Waals surface area (Å²) in [7, 11) is 0. The largest absolute Gasteiger partial charge is 0.307 e. The quantitative estimate of drug-likeness (QED) is 0.654. The van der Waals surface area contributed by atoms with E-state index in [4.69, 9.17) is 35.4 Å². The van der Waals surface area contributed by atoms with Gasteiger partial charge < -0.3 is 10.6 Å². The Hall–Kier alpha value is -0.500. The van der Waals surface area contributed by atoms with E-state index in [9.17, 15) is 4.79 Å². The first kappa shape index (κ1) is 14.9. The Labute approximate surface area is 130 Å². The minimum absolute atomic E-state index is 0.168. The molecular weight excluding hydrogens is 327 g/mol. The topological polar surface area (TPSA) is 66.9 Å². The van der Waals surface area contributed by atoms with Crippen LogP contribution < -0.4 is 10.6 Å². The number of carbonyl (C=O) groups excluding carboxylic acids is 1. The van der Waals surface area contributed by atoms with Crippen molar-refractivity contribution in [3.05, 3.63) is 5.01 Å². The molecule has 104 valence electrons. The Balaban J connectivity index is 1.90. The van der Waals surface area contributed by atoms with Gasteiger partial charge in [-0.3, -0.25) is 4.79 Å². The van der Waals surface area contributed by atoms with Gasteiger partial charge in [0.25, 0.3) is 0 Å². The zero-order valence-electron chi connectivity index (χ0n) is 10.3. The molecule has 0 bridgehead atoms. The summed E-state index contributed by atoms with van der Waals surface area (Å²) in [5.74, 6) is -0.296. The zero-order valence-corrected chi connectivity index (χ0v) is 13.4. The van der Waals surface area contributed by atoms with Crippen LogP contribution in [-0.2, 0) is 11.2 Å². The van der Waals surface area contributed by atoms with Crippen molar-refractivity contribution in [3.8, 4) is 0 Å². The molecule has 1 saturated carbocycles. The molecule has 0 aromatic carbocycles. The molecule has 2 rings (SSSR count). The van der Waals surface area contributed by atoms with Crippen LogP contribution in [0.25, 0.3) is 0 Å². The predicted molar refractivity (Wildman–Crippen MR) is 80.8 cm³/mol. The molecule has 1 fully saturated rings. The third kappa shape index (κ3) is 2.99. The molecule has 0 spiro atoms. The number of anilines is 1. The highest BCUT2D eigenvalue weighted by Crippen LogP contribution is 2.63. The molecular formula is C10H12Cl2N4OS2. The minimum Gasteiger partial charge on any atom is -0.307 e. The second-order valence-corrected chi connectivity index (χ2v) is 7.43.